The molecule has 1 aliphatic carbocycles. The normalized spacial score (nSPS) is 26.9. The molecule has 0 heterocycles. The van der Waals surface area contributed by atoms with E-state index in [1.54, 1.807) is 0 Å². The van der Waals surface area contributed by atoms with Crippen molar-refractivity contribution in [2.45, 2.75) is 79.2 Å². The minimum absolute atomic E-state index is 0.0136. The number of hydrogen-bond donors (Lipinski definition) is 1. The maximum atomic E-state index is 12.5. The number of aliphatic hydroxyl groups is 1. The lowest BCUT2D eigenvalue weighted by Crippen LogP contribution is -2.54. The maximum Gasteiger partial charge on any atom is 0.338 e. The molecule has 4 atom stereocenters. The number of hydrogen-bond acceptors (Lipinski definition) is 5. The minimum atomic E-state index is -0.986. The largest absolute Gasteiger partial charge is 0.462 e. The van der Waals surface area contributed by atoms with Crippen molar-refractivity contribution in [1.82, 2.24) is 0 Å². The van der Waals surface area contributed by atoms with Crippen LogP contribution in [0.3, 0.4) is 0 Å². The second-order valence-electron chi connectivity index (χ2n) is 10.4. The molecule has 0 aliphatic heterocycles. The van der Waals surface area contributed by atoms with Gasteiger partial charge in [0.05, 0.1) is 22.7 Å². The Labute approximate surface area is 197 Å². The van der Waals surface area contributed by atoms with Gasteiger partial charge in [-0.1, -0.05) is 30.2 Å². The van der Waals surface area contributed by atoms with Gasteiger partial charge in [0.2, 0.25) is 0 Å². The third-order valence-corrected chi connectivity index (χ3v) is 7.20. The smallest absolute Gasteiger partial charge is 0.338 e. The molecule has 0 unspecified atom stereocenters. The number of carbonyl (C=O) groups is 1. The number of rotatable bonds is 9. The molecule has 2 rings (SSSR count). The van der Waals surface area contributed by atoms with Crippen LogP contribution in [0.15, 0.2) is 47.6 Å². The van der Waals surface area contributed by atoms with Crippen molar-refractivity contribution in [3.8, 4) is 0 Å². The van der Waals surface area contributed by atoms with Crippen molar-refractivity contribution in [2.24, 2.45) is 17.3 Å². The number of nitro benzene ring substituents is 1. The number of nitrogens with zero attached hydrogens (tertiary/aromatic N) is 1. The minimum Gasteiger partial charge on any atom is -0.462 e. The first-order chi connectivity index (χ1) is 15.4. The summed E-state index contributed by atoms with van der Waals surface area (Å²) in [5.74, 6) is -0.660. The Kier molecular flexibility index (Phi) is 9.01. The predicted octanol–water partition coefficient (Wildman–Crippen LogP) is 6.64. The zero-order chi connectivity index (χ0) is 24.8. The molecule has 1 aliphatic rings. The number of allylic oxidation sites excluding steroid dienone is 4. The van der Waals surface area contributed by atoms with Gasteiger partial charge in [0.25, 0.3) is 5.69 Å². The van der Waals surface area contributed by atoms with E-state index in [1.807, 2.05) is 6.92 Å². The van der Waals surface area contributed by atoms with Crippen molar-refractivity contribution in [2.75, 3.05) is 6.61 Å². The van der Waals surface area contributed by atoms with Crippen molar-refractivity contribution in [3.63, 3.8) is 0 Å². The summed E-state index contributed by atoms with van der Waals surface area (Å²) in [6.07, 6.45) is 8.97. The second-order valence-corrected chi connectivity index (χ2v) is 10.4. The van der Waals surface area contributed by atoms with E-state index in [0.29, 0.717) is 0 Å². The summed E-state index contributed by atoms with van der Waals surface area (Å²) in [5.41, 5.74) is 1.72. The van der Waals surface area contributed by atoms with Gasteiger partial charge in [0.15, 0.2) is 0 Å². The average molecular weight is 458 g/mol. The first kappa shape index (κ1) is 26.8. The Bertz CT molecular complexity index is 892. The van der Waals surface area contributed by atoms with Crippen LogP contribution in [0, 0.1) is 27.4 Å². The number of non-ortho nitro benzene ring substituents is 1. The maximum absolute atomic E-state index is 12.5. The quantitative estimate of drug-likeness (QED) is 0.194. The van der Waals surface area contributed by atoms with Gasteiger partial charge in [-0.25, -0.2) is 4.79 Å². The van der Waals surface area contributed by atoms with Gasteiger partial charge in [0.1, 0.15) is 0 Å². The number of nitro groups is 1. The van der Waals surface area contributed by atoms with Crippen LogP contribution in [-0.4, -0.2) is 28.2 Å². The third-order valence-electron chi connectivity index (χ3n) is 7.20. The Morgan fingerprint density at radius 2 is 1.76 bits per heavy atom. The summed E-state index contributed by atoms with van der Waals surface area (Å²) >= 11 is 0. The molecule has 6 nitrogen and oxygen atoms in total. The molecular weight excluding hydrogens is 418 g/mol. The van der Waals surface area contributed by atoms with Crippen molar-refractivity contribution < 1.29 is 19.6 Å². The molecule has 1 fully saturated rings. The third kappa shape index (κ3) is 7.00. The molecular formula is C27H39NO5. The molecule has 1 aromatic rings. The Balaban J connectivity index is 2.15. The zero-order valence-corrected chi connectivity index (χ0v) is 20.9. The molecule has 1 aromatic carbocycles. The molecule has 0 bridgehead atoms. The highest BCUT2D eigenvalue weighted by molar-refractivity contribution is 5.89. The fraction of sp³-hybridized carbons (Fsp3) is 0.593. The van der Waals surface area contributed by atoms with E-state index in [1.165, 1.54) is 35.4 Å². The second kappa shape index (κ2) is 11.1. The molecule has 0 spiro atoms. The van der Waals surface area contributed by atoms with Gasteiger partial charge in [-0.15, -0.1) is 0 Å². The summed E-state index contributed by atoms with van der Waals surface area (Å²) in [4.78, 5) is 22.8. The highest BCUT2D eigenvalue weighted by Gasteiger charge is 2.52. The van der Waals surface area contributed by atoms with E-state index in [-0.39, 0.29) is 35.1 Å². The molecule has 1 N–H and O–H groups in total. The van der Waals surface area contributed by atoms with Crippen molar-refractivity contribution >= 4 is 11.7 Å². The molecule has 0 amide bonds. The molecule has 182 valence electrons. The lowest BCUT2D eigenvalue weighted by atomic mass is 9.55. The number of benzene rings is 1. The number of esters is 1. The van der Waals surface area contributed by atoms with Gasteiger partial charge in [-0.05, 0) is 90.2 Å². The first-order valence-corrected chi connectivity index (χ1v) is 11.8. The average Bonchev–Trinajstić information content (AvgIpc) is 2.72. The van der Waals surface area contributed by atoms with Gasteiger partial charge < -0.3 is 9.84 Å². The van der Waals surface area contributed by atoms with Gasteiger partial charge in [-0.2, -0.15) is 0 Å². The van der Waals surface area contributed by atoms with E-state index >= 15 is 0 Å². The Morgan fingerprint density at radius 1 is 1.15 bits per heavy atom. The van der Waals surface area contributed by atoms with Crippen LogP contribution >= 0.6 is 0 Å². The molecule has 0 saturated heterocycles. The molecule has 6 heteroatoms. The van der Waals surface area contributed by atoms with Crippen LogP contribution in [0.1, 0.15) is 84.0 Å². The van der Waals surface area contributed by atoms with Gasteiger partial charge in [-0.3, -0.25) is 10.1 Å². The fourth-order valence-corrected chi connectivity index (χ4v) is 5.06. The molecule has 0 radical (unpaired) electrons. The summed E-state index contributed by atoms with van der Waals surface area (Å²) in [7, 11) is 0. The summed E-state index contributed by atoms with van der Waals surface area (Å²) in [6.45, 7) is 12.6. The molecule has 33 heavy (non-hydrogen) atoms. The number of ether oxygens (including phenoxy) is 1. The van der Waals surface area contributed by atoms with Gasteiger partial charge >= 0.3 is 5.97 Å². The van der Waals surface area contributed by atoms with Crippen LogP contribution < -0.4 is 0 Å². The van der Waals surface area contributed by atoms with Crippen LogP contribution in [0.5, 0.6) is 0 Å². The van der Waals surface area contributed by atoms with Gasteiger partial charge in [0, 0.05) is 18.1 Å². The fourth-order valence-electron chi connectivity index (χ4n) is 5.06. The van der Waals surface area contributed by atoms with E-state index in [2.05, 4.69) is 46.8 Å². The topological polar surface area (TPSA) is 89.7 Å². The molecule has 1 saturated carbocycles. The van der Waals surface area contributed by atoms with Crippen molar-refractivity contribution in [3.05, 3.63) is 63.2 Å². The van der Waals surface area contributed by atoms with E-state index < -0.39 is 16.5 Å². The zero-order valence-electron chi connectivity index (χ0n) is 20.9. The SMILES string of the molecule is CC(C)=CCC[C@@]1(C)CC[C@H](COC(=O)c2ccc([N+](=O)[O-])cc2)[C@@](C)(O)[C@@H]1CC=C(C)C. The molecule has 0 aromatic heterocycles. The standard InChI is InChI=1S/C27H39NO5/c1-19(2)8-7-16-26(5)17-15-22(27(6,30)24(26)14-9-20(3)4)18-33-25(29)21-10-12-23(13-11-21)28(31)32/h8-13,22,24,30H,7,14-18H2,1-6H3/t22-,24-,26+,27-/m1/s1. The highest BCUT2D eigenvalue weighted by Crippen LogP contribution is 2.53. The van der Waals surface area contributed by atoms with Crippen molar-refractivity contribution in [1.29, 1.82) is 0 Å². The monoisotopic (exact) mass is 457 g/mol. The van der Waals surface area contributed by atoms with E-state index in [9.17, 15) is 20.0 Å². The Morgan fingerprint density at radius 3 is 2.30 bits per heavy atom. The van der Waals surface area contributed by atoms with E-state index in [4.69, 9.17) is 4.74 Å². The van der Waals surface area contributed by atoms with Crippen LogP contribution in [0.2, 0.25) is 0 Å². The lowest BCUT2D eigenvalue weighted by Gasteiger charge is -2.53. The predicted molar refractivity (Wildman–Crippen MR) is 131 cm³/mol. The van der Waals surface area contributed by atoms with Crippen LogP contribution in [0.25, 0.3) is 0 Å². The Hall–Kier alpha value is -2.47. The summed E-state index contributed by atoms with van der Waals surface area (Å²) in [6, 6.07) is 5.39. The van der Waals surface area contributed by atoms with Crippen LogP contribution in [0.4, 0.5) is 5.69 Å². The summed E-state index contributed by atoms with van der Waals surface area (Å²) in [5, 5.41) is 22.5. The first-order valence-electron chi connectivity index (χ1n) is 11.8. The number of carbonyl (C=O) groups excluding carboxylic acids is 1. The lowest BCUT2D eigenvalue weighted by molar-refractivity contribution is -0.384. The summed E-state index contributed by atoms with van der Waals surface area (Å²) < 4.78 is 5.56. The van der Waals surface area contributed by atoms with E-state index in [0.717, 1.165) is 32.1 Å². The highest BCUT2D eigenvalue weighted by atomic mass is 16.6. The van der Waals surface area contributed by atoms with Crippen LogP contribution in [-0.2, 0) is 4.74 Å².